The van der Waals surface area contributed by atoms with Gasteiger partial charge in [0.05, 0.1) is 14.6 Å². The molecule has 10 heteroatoms. The van der Waals surface area contributed by atoms with Gasteiger partial charge < -0.3 is 4.90 Å². The molecule has 0 N–H and O–H groups in total. The zero-order valence-electron chi connectivity index (χ0n) is 13.3. The normalized spacial score (nSPS) is 16.6. The lowest BCUT2D eigenvalue weighted by Gasteiger charge is -2.34. The molecule has 0 radical (unpaired) electrons. The van der Waals surface area contributed by atoms with E-state index in [-0.39, 0.29) is 0 Å². The van der Waals surface area contributed by atoms with Crippen molar-refractivity contribution >= 4 is 60.3 Å². The Kier molecular flexibility index (Phi) is 4.45. The third kappa shape index (κ3) is 3.04. The van der Waals surface area contributed by atoms with Crippen LogP contribution < -0.4 is 4.90 Å². The third-order valence-corrected chi connectivity index (χ3v) is 8.87. The lowest BCUT2D eigenvalue weighted by atomic mass is 10.3. The zero-order chi connectivity index (χ0) is 17.6. The van der Waals surface area contributed by atoms with Gasteiger partial charge in [-0.05, 0) is 30.0 Å². The Balaban J connectivity index is 1.55. The van der Waals surface area contributed by atoms with E-state index >= 15 is 0 Å². The summed E-state index contributed by atoms with van der Waals surface area (Å²) in [5, 5.41) is 2.07. The Morgan fingerprint density at radius 2 is 1.92 bits per heavy atom. The average molecular weight is 415 g/mol. The molecule has 1 fully saturated rings. The lowest BCUT2D eigenvalue weighted by Crippen LogP contribution is -2.48. The van der Waals surface area contributed by atoms with Crippen LogP contribution in [-0.4, -0.2) is 48.9 Å². The standard InChI is InChI=1S/C15H15ClN4O2S3/c1-10-8-23-14-13(10)17-9-18-15(14)19-4-6-20(7-5-19)25(21,22)12-3-2-11(16)24-12/h2-3,8-9H,4-7H2,1H3. The Bertz CT molecular complexity index is 1020. The van der Waals surface area contributed by atoms with Crippen molar-refractivity contribution in [3.05, 3.63) is 33.7 Å². The lowest BCUT2D eigenvalue weighted by molar-refractivity contribution is 0.385. The minimum atomic E-state index is -3.47. The van der Waals surface area contributed by atoms with Crippen LogP contribution in [0.3, 0.4) is 0 Å². The van der Waals surface area contributed by atoms with E-state index in [1.54, 1.807) is 29.8 Å². The van der Waals surface area contributed by atoms with E-state index in [1.165, 1.54) is 4.31 Å². The molecule has 0 unspecified atom stereocenters. The van der Waals surface area contributed by atoms with E-state index in [2.05, 4.69) is 20.2 Å². The van der Waals surface area contributed by atoms with Crippen molar-refractivity contribution in [3.8, 4) is 0 Å². The van der Waals surface area contributed by atoms with Gasteiger partial charge in [-0.2, -0.15) is 4.31 Å². The Labute approximate surface area is 158 Å². The Morgan fingerprint density at radius 1 is 1.16 bits per heavy atom. The number of nitrogens with zero attached hydrogens (tertiary/aromatic N) is 4. The van der Waals surface area contributed by atoms with Crippen LogP contribution in [0.1, 0.15) is 5.56 Å². The van der Waals surface area contributed by atoms with E-state index in [0.29, 0.717) is 34.7 Å². The molecule has 0 bridgehead atoms. The molecule has 4 heterocycles. The van der Waals surface area contributed by atoms with Crippen molar-refractivity contribution in [1.82, 2.24) is 14.3 Å². The highest BCUT2D eigenvalue weighted by Crippen LogP contribution is 2.32. The van der Waals surface area contributed by atoms with E-state index in [0.717, 1.165) is 32.9 Å². The molecule has 0 atom stereocenters. The van der Waals surface area contributed by atoms with Crippen molar-refractivity contribution in [1.29, 1.82) is 0 Å². The number of aromatic nitrogens is 2. The average Bonchev–Trinajstić information content (AvgIpc) is 3.22. The fraction of sp³-hybridized carbons (Fsp3) is 0.333. The van der Waals surface area contributed by atoms with Gasteiger partial charge in [-0.25, -0.2) is 18.4 Å². The molecule has 0 aliphatic carbocycles. The third-order valence-electron chi connectivity index (χ3n) is 4.19. The second-order valence-electron chi connectivity index (χ2n) is 5.74. The summed E-state index contributed by atoms with van der Waals surface area (Å²) in [7, 11) is -3.47. The molecule has 1 aliphatic rings. The van der Waals surface area contributed by atoms with Crippen LogP contribution in [0.25, 0.3) is 10.2 Å². The number of fused-ring (bicyclic) bond motifs is 1. The second-order valence-corrected chi connectivity index (χ2v) is 10.5. The van der Waals surface area contributed by atoms with Crippen LogP contribution in [0.4, 0.5) is 5.82 Å². The first-order valence-electron chi connectivity index (χ1n) is 7.66. The van der Waals surface area contributed by atoms with Gasteiger partial charge in [-0.15, -0.1) is 22.7 Å². The zero-order valence-corrected chi connectivity index (χ0v) is 16.6. The summed E-state index contributed by atoms with van der Waals surface area (Å²) < 4.78 is 28.7. The minimum absolute atomic E-state index is 0.296. The van der Waals surface area contributed by atoms with Gasteiger partial charge in [0.2, 0.25) is 0 Å². The molecule has 132 valence electrons. The van der Waals surface area contributed by atoms with Crippen LogP contribution in [0.5, 0.6) is 0 Å². The molecule has 6 nitrogen and oxygen atoms in total. The number of hydrogen-bond donors (Lipinski definition) is 0. The van der Waals surface area contributed by atoms with Gasteiger partial charge >= 0.3 is 0 Å². The highest BCUT2D eigenvalue weighted by Gasteiger charge is 2.30. The molecule has 3 aromatic rings. The van der Waals surface area contributed by atoms with Crippen LogP contribution >= 0.6 is 34.3 Å². The van der Waals surface area contributed by atoms with Crippen molar-refractivity contribution in [2.24, 2.45) is 0 Å². The van der Waals surface area contributed by atoms with Gasteiger partial charge in [0, 0.05) is 26.2 Å². The van der Waals surface area contributed by atoms with Crippen LogP contribution in [0, 0.1) is 6.92 Å². The number of piperazine rings is 1. The number of sulfonamides is 1. The second kappa shape index (κ2) is 6.48. The monoisotopic (exact) mass is 414 g/mol. The molecular weight excluding hydrogens is 400 g/mol. The molecular formula is C15H15ClN4O2S3. The largest absolute Gasteiger partial charge is 0.353 e. The fourth-order valence-electron chi connectivity index (χ4n) is 2.89. The van der Waals surface area contributed by atoms with Crippen molar-refractivity contribution < 1.29 is 8.42 Å². The molecule has 1 saturated heterocycles. The number of thiophene rings is 2. The number of hydrogen-bond acceptors (Lipinski definition) is 7. The molecule has 3 aromatic heterocycles. The molecule has 0 aromatic carbocycles. The maximum atomic E-state index is 12.7. The van der Waals surface area contributed by atoms with E-state index in [4.69, 9.17) is 11.6 Å². The van der Waals surface area contributed by atoms with Crippen molar-refractivity contribution in [2.75, 3.05) is 31.1 Å². The number of halogens is 1. The van der Waals surface area contributed by atoms with E-state index < -0.39 is 10.0 Å². The van der Waals surface area contributed by atoms with Crippen LogP contribution in [0.15, 0.2) is 28.0 Å². The molecule has 4 rings (SSSR count). The number of aryl methyl sites for hydroxylation is 1. The summed E-state index contributed by atoms with van der Waals surface area (Å²) in [6.45, 7) is 4.08. The van der Waals surface area contributed by atoms with Gasteiger partial charge in [-0.3, -0.25) is 0 Å². The van der Waals surface area contributed by atoms with Gasteiger partial charge in [-0.1, -0.05) is 11.6 Å². The molecule has 25 heavy (non-hydrogen) atoms. The summed E-state index contributed by atoms with van der Waals surface area (Å²) in [5.74, 6) is 0.888. The maximum absolute atomic E-state index is 12.7. The van der Waals surface area contributed by atoms with E-state index in [9.17, 15) is 8.42 Å². The van der Waals surface area contributed by atoms with Crippen molar-refractivity contribution in [2.45, 2.75) is 11.1 Å². The van der Waals surface area contributed by atoms with Gasteiger partial charge in [0.25, 0.3) is 10.0 Å². The van der Waals surface area contributed by atoms with E-state index in [1.807, 2.05) is 6.92 Å². The SMILES string of the molecule is Cc1csc2c(N3CCN(S(=O)(=O)c4ccc(Cl)s4)CC3)ncnc12. The predicted octanol–water partition coefficient (Wildman–Crippen LogP) is 3.23. The molecule has 0 saturated carbocycles. The quantitative estimate of drug-likeness (QED) is 0.658. The van der Waals surface area contributed by atoms with Crippen LogP contribution in [0.2, 0.25) is 4.34 Å². The summed E-state index contributed by atoms with van der Waals surface area (Å²) in [6.07, 6.45) is 1.58. The topological polar surface area (TPSA) is 66.4 Å². The highest BCUT2D eigenvalue weighted by atomic mass is 35.5. The van der Waals surface area contributed by atoms with Gasteiger partial charge in [0.1, 0.15) is 16.4 Å². The first kappa shape index (κ1) is 17.2. The smallest absolute Gasteiger partial charge is 0.252 e. The summed E-state index contributed by atoms with van der Waals surface area (Å²) in [6, 6.07) is 3.18. The number of anilines is 1. The maximum Gasteiger partial charge on any atom is 0.252 e. The summed E-state index contributed by atoms with van der Waals surface area (Å²) in [5.41, 5.74) is 2.11. The first-order chi connectivity index (χ1) is 12.0. The van der Waals surface area contributed by atoms with Crippen LogP contribution in [-0.2, 0) is 10.0 Å². The molecule has 0 spiro atoms. The fourth-order valence-corrected chi connectivity index (χ4v) is 6.96. The summed E-state index contributed by atoms with van der Waals surface area (Å²) in [4.78, 5) is 10.9. The van der Waals surface area contributed by atoms with Crippen molar-refractivity contribution in [3.63, 3.8) is 0 Å². The Morgan fingerprint density at radius 3 is 2.60 bits per heavy atom. The molecule has 1 aliphatic heterocycles. The predicted molar refractivity (Wildman–Crippen MR) is 102 cm³/mol. The first-order valence-corrected chi connectivity index (χ1v) is 11.2. The highest BCUT2D eigenvalue weighted by molar-refractivity contribution is 7.91. The van der Waals surface area contributed by atoms with Gasteiger partial charge in [0.15, 0.2) is 0 Å². The molecule has 0 amide bonds. The summed E-state index contributed by atoms with van der Waals surface area (Å²) >= 11 is 8.60. The Hall–Kier alpha value is -1.26. The number of rotatable bonds is 3. The minimum Gasteiger partial charge on any atom is -0.353 e.